The van der Waals surface area contributed by atoms with Crippen molar-refractivity contribution >= 4 is 6.09 Å². The molecule has 6 nitrogen and oxygen atoms in total. The van der Waals surface area contributed by atoms with Crippen LogP contribution >= 0.6 is 0 Å². The Labute approximate surface area is 163 Å². The predicted molar refractivity (Wildman–Crippen MR) is 106 cm³/mol. The second kappa shape index (κ2) is 7.13. The summed E-state index contributed by atoms with van der Waals surface area (Å²) in [5.74, 6) is 0.0111. The van der Waals surface area contributed by atoms with Gasteiger partial charge in [0, 0.05) is 24.7 Å². The summed E-state index contributed by atoms with van der Waals surface area (Å²) in [5, 5.41) is 17.3. The number of aromatic nitrogens is 2. The Balaban J connectivity index is 1.40. The Kier molecular flexibility index (Phi) is 4.65. The molecule has 2 N–H and O–H groups in total. The van der Waals surface area contributed by atoms with E-state index in [1.165, 1.54) is 22.3 Å². The SMILES string of the molecule is Cn1cc(C(C)(O)CNC(=O)OCC2c3ccccc3-c3ccccc32)cn1. The topological polar surface area (TPSA) is 76.4 Å². The third-order valence-electron chi connectivity index (χ3n) is 5.25. The summed E-state index contributed by atoms with van der Waals surface area (Å²) in [7, 11) is 1.78. The zero-order chi connectivity index (χ0) is 19.7. The fourth-order valence-electron chi connectivity index (χ4n) is 3.70. The summed E-state index contributed by atoms with van der Waals surface area (Å²) in [6.07, 6.45) is 2.75. The van der Waals surface area contributed by atoms with Crippen molar-refractivity contribution in [3.8, 4) is 11.1 Å². The van der Waals surface area contributed by atoms with Gasteiger partial charge in [0.2, 0.25) is 0 Å². The first-order chi connectivity index (χ1) is 13.5. The van der Waals surface area contributed by atoms with Crippen LogP contribution in [0.3, 0.4) is 0 Å². The van der Waals surface area contributed by atoms with Gasteiger partial charge in [0.1, 0.15) is 12.2 Å². The largest absolute Gasteiger partial charge is 0.449 e. The molecule has 28 heavy (non-hydrogen) atoms. The van der Waals surface area contributed by atoms with Gasteiger partial charge in [0.05, 0.1) is 12.7 Å². The van der Waals surface area contributed by atoms with Crippen molar-refractivity contribution in [3.05, 3.63) is 77.6 Å². The number of ether oxygens (including phenoxy) is 1. The Hall–Kier alpha value is -3.12. The molecule has 4 rings (SSSR count). The van der Waals surface area contributed by atoms with Crippen molar-refractivity contribution in [2.24, 2.45) is 7.05 Å². The standard InChI is InChI=1S/C22H23N3O3/c1-22(27,15-11-24-25(2)12-15)14-23-21(26)28-13-20-18-9-5-3-7-16(18)17-8-4-6-10-19(17)20/h3-12,20,27H,13-14H2,1-2H3,(H,23,26). The molecule has 144 valence electrons. The Bertz CT molecular complexity index is 964. The number of hydrogen-bond donors (Lipinski definition) is 2. The number of fused-ring (bicyclic) bond motifs is 3. The number of nitrogens with one attached hydrogen (secondary N) is 1. The van der Waals surface area contributed by atoms with Gasteiger partial charge in [0.15, 0.2) is 0 Å². The second-order valence-corrected chi connectivity index (χ2v) is 7.36. The highest BCUT2D eigenvalue weighted by molar-refractivity contribution is 5.79. The zero-order valence-corrected chi connectivity index (χ0v) is 15.9. The highest BCUT2D eigenvalue weighted by Gasteiger charge is 2.30. The summed E-state index contributed by atoms with van der Waals surface area (Å²) in [6, 6.07) is 16.4. The van der Waals surface area contributed by atoms with E-state index in [1.807, 2.05) is 24.3 Å². The van der Waals surface area contributed by atoms with Crippen molar-refractivity contribution in [1.29, 1.82) is 0 Å². The maximum absolute atomic E-state index is 12.2. The van der Waals surface area contributed by atoms with E-state index in [1.54, 1.807) is 31.0 Å². The van der Waals surface area contributed by atoms with Gasteiger partial charge in [0.25, 0.3) is 0 Å². The number of rotatable bonds is 5. The van der Waals surface area contributed by atoms with Gasteiger partial charge in [-0.25, -0.2) is 4.79 Å². The van der Waals surface area contributed by atoms with Crippen LogP contribution in [0.15, 0.2) is 60.9 Å². The molecule has 0 saturated carbocycles. The van der Waals surface area contributed by atoms with Crippen LogP contribution in [0.25, 0.3) is 11.1 Å². The van der Waals surface area contributed by atoms with Gasteiger partial charge in [-0.05, 0) is 29.2 Å². The van der Waals surface area contributed by atoms with Crippen molar-refractivity contribution in [2.45, 2.75) is 18.4 Å². The summed E-state index contributed by atoms with van der Waals surface area (Å²) < 4.78 is 7.10. The summed E-state index contributed by atoms with van der Waals surface area (Å²) in [5.41, 5.74) is 4.12. The first-order valence-corrected chi connectivity index (χ1v) is 9.26. The molecule has 1 atom stereocenters. The maximum Gasteiger partial charge on any atom is 0.407 e. The van der Waals surface area contributed by atoms with E-state index in [4.69, 9.17) is 4.74 Å². The summed E-state index contributed by atoms with van der Waals surface area (Å²) >= 11 is 0. The van der Waals surface area contributed by atoms with Crippen LogP contribution in [0.4, 0.5) is 4.79 Å². The number of nitrogens with zero attached hydrogens (tertiary/aromatic N) is 2. The number of carbonyl (C=O) groups excluding carboxylic acids is 1. The van der Waals surface area contributed by atoms with Gasteiger partial charge in [-0.2, -0.15) is 5.10 Å². The number of aryl methyl sites for hydroxylation is 1. The van der Waals surface area contributed by atoms with Crippen molar-refractivity contribution in [1.82, 2.24) is 15.1 Å². The molecule has 1 amide bonds. The molecular weight excluding hydrogens is 354 g/mol. The highest BCUT2D eigenvalue weighted by Crippen LogP contribution is 2.44. The van der Waals surface area contributed by atoms with Gasteiger partial charge in [-0.15, -0.1) is 0 Å². The number of hydrogen-bond acceptors (Lipinski definition) is 4. The zero-order valence-electron chi connectivity index (χ0n) is 15.9. The maximum atomic E-state index is 12.2. The minimum atomic E-state index is -1.22. The normalized spacial score (nSPS) is 14.8. The molecular formula is C22H23N3O3. The van der Waals surface area contributed by atoms with Crippen LogP contribution in [-0.2, 0) is 17.4 Å². The van der Waals surface area contributed by atoms with Gasteiger partial charge < -0.3 is 15.2 Å². The molecule has 0 aliphatic heterocycles. The average Bonchev–Trinajstić information content (AvgIpc) is 3.27. The number of benzene rings is 2. The van der Waals surface area contributed by atoms with E-state index in [9.17, 15) is 9.90 Å². The van der Waals surface area contributed by atoms with Gasteiger partial charge in [-0.3, -0.25) is 4.68 Å². The fourth-order valence-corrected chi connectivity index (χ4v) is 3.70. The van der Waals surface area contributed by atoms with Gasteiger partial charge >= 0.3 is 6.09 Å². The van der Waals surface area contributed by atoms with Crippen LogP contribution in [0.1, 0.15) is 29.5 Å². The van der Waals surface area contributed by atoms with Crippen LogP contribution in [0, 0.1) is 0 Å². The van der Waals surface area contributed by atoms with E-state index >= 15 is 0 Å². The van der Waals surface area contributed by atoms with Crippen LogP contribution in [-0.4, -0.2) is 34.1 Å². The molecule has 1 heterocycles. The number of alkyl carbamates (subject to hydrolysis) is 1. The number of carbonyl (C=O) groups is 1. The third-order valence-corrected chi connectivity index (χ3v) is 5.25. The molecule has 2 aromatic carbocycles. The van der Waals surface area contributed by atoms with Crippen LogP contribution < -0.4 is 5.32 Å². The van der Waals surface area contributed by atoms with Crippen molar-refractivity contribution in [3.63, 3.8) is 0 Å². The van der Waals surface area contributed by atoms with Crippen LogP contribution in [0.2, 0.25) is 0 Å². The van der Waals surface area contributed by atoms with E-state index < -0.39 is 11.7 Å². The lowest BCUT2D eigenvalue weighted by atomic mass is 9.98. The van der Waals surface area contributed by atoms with E-state index in [0.29, 0.717) is 5.56 Å². The number of amides is 1. The summed E-state index contributed by atoms with van der Waals surface area (Å²) in [4.78, 5) is 12.2. The minimum absolute atomic E-state index is 0.0111. The molecule has 1 unspecified atom stereocenters. The molecule has 1 aliphatic carbocycles. The van der Waals surface area contributed by atoms with E-state index in [0.717, 1.165) is 0 Å². The first kappa shape index (κ1) is 18.3. The first-order valence-electron chi connectivity index (χ1n) is 9.26. The van der Waals surface area contributed by atoms with Crippen molar-refractivity contribution < 1.29 is 14.6 Å². The molecule has 1 aliphatic rings. The summed E-state index contributed by atoms with van der Waals surface area (Å²) in [6.45, 7) is 1.91. The second-order valence-electron chi connectivity index (χ2n) is 7.36. The van der Waals surface area contributed by atoms with Crippen molar-refractivity contribution in [2.75, 3.05) is 13.2 Å². The van der Waals surface area contributed by atoms with Crippen LogP contribution in [0.5, 0.6) is 0 Å². The number of aliphatic hydroxyl groups is 1. The lowest BCUT2D eigenvalue weighted by Crippen LogP contribution is -2.39. The quantitative estimate of drug-likeness (QED) is 0.716. The monoisotopic (exact) mass is 377 g/mol. The lowest BCUT2D eigenvalue weighted by molar-refractivity contribution is 0.0533. The van der Waals surface area contributed by atoms with Gasteiger partial charge in [-0.1, -0.05) is 48.5 Å². The van der Waals surface area contributed by atoms with E-state index in [2.05, 4.69) is 34.7 Å². The van der Waals surface area contributed by atoms with E-state index in [-0.39, 0.29) is 19.1 Å². The highest BCUT2D eigenvalue weighted by atomic mass is 16.5. The molecule has 0 saturated heterocycles. The smallest absolute Gasteiger partial charge is 0.407 e. The molecule has 0 bridgehead atoms. The third kappa shape index (κ3) is 3.39. The Morgan fingerprint density at radius 2 is 1.79 bits per heavy atom. The molecule has 0 radical (unpaired) electrons. The average molecular weight is 377 g/mol. The predicted octanol–water partition coefficient (Wildman–Crippen LogP) is 3.17. The molecule has 0 fully saturated rings. The lowest BCUT2D eigenvalue weighted by Gasteiger charge is -2.22. The minimum Gasteiger partial charge on any atom is -0.449 e. The Morgan fingerprint density at radius 1 is 1.18 bits per heavy atom. The molecule has 3 aromatic rings. The Morgan fingerprint density at radius 3 is 2.36 bits per heavy atom. The fraction of sp³-hybridized carbons (Fsp3) is 0.273. The molecule has 1 aromatic heterocycles. The molecule has 0 spiro atoms. The molecule has 6 heteroatoms.